The van der Waals surface area contributed by atoms with Crippen molar-refractivity contribution in [2.45, 2.75) is 76.2 Å². The summed E-state index contributed by atoms with van der Waals surface area (Å²) in [6, 6.07) is 0.321. The fraction of sp³-hybridized carbons (Fsp3) is 1.00. The number of aliphatic hydroxyl groups excluding tert-OH is 2. The second-order valence-electron chi connectivity index (χ2n) is 10.8. The fourth-order valence-corrected chi connectivity index (χ4v) is 9.79. The number of hydrogen-bond acceptors (Lipinski definition) is 4. The van der Waals surface area contributed by atoms with Gasteiger partial charge in [0.25, 0.3) is 0 Å². The van der Waals surface area contributed by atoms with Gasteiger partial charge in [0, 0.05) is 29.8 Å². The van der Waals surface area contributed by atoms with Gasteiger partial charge in [0.15, 0.2) is 0 Å². The molecule has 6 rings (SSSR count). The van der Waals surface area contributed by atoms with Crippen LogP contribution in [-0.4, -0.2) is 57.2 Å². The molecule has 6 aliphatic rings. The molecule has 1 spiro atoms. The highest BCUT2D eigenvalue weighted by molar-refractivity contribution is 5.31. The van der Waals surface area contributed by atoms with Gasteiger partial charge >= 0.3 is 0 Å². The van der Waals surface area contributed by atoms with Gasteiger partial charge in [-0.3, -0.25) is 4.90 Å². The number of hydrogen-bond donors (Lipinski definition) is 3. The molecule has 0 aromatic carbocycles. The van der Waals surface area contributed by atoms with Crippen molar-refractivity contribution in [1.82, 2.24) is 4.90 Å². The zero-order valence-electron chi connectivity index (χ0n) is 15.6. The molecule has 25 heavy (non-hydrogen) atoms. The van der Waals surface area contributed by atoms with Crippen molar-refractivity contribution in [2.24, 2.45) is 40.4 Å². The Bertz CT molecular complexity index is 626. The number of aliphatic hydroxyl groups is 3. The standard InChI is InChI=1S/C21H33NO3/c1-3-22-10-19(2)6-5-15(23)21-12-8-11-4-7-20(25,16(12)17(11)24)13(18(21)22)9-14(19)21/h11-18,23-25H,3-10H2,1-2H3/t11-,12+,13-,14+,15-,16+,17-,18+,19-,20-,21+/m0/s1. The SMILES string of the molecule is CCN1C[C@]2(C)CC[C@H](O)[C@@]34[C@@H]5C[C@@H]6CC[C@@](O)([C@H]5[C@H]6O)[C@@H](C[C@H]23)[C@@H]14. The average molecular weight is 347 g/mol. The Kier molecular flexibility index (Phi) is 2.82. The van der Waals surface area contributed by atoms with Gasteiger partial charge in [-0.25, -0.2) is 0 Å². The molecule has 1 heterocycles. The number of piperidine rings is 1. The first kappa shape index (κ1) is 15.9. The molecule has 7 bridgehead atoms. The zero-order valence-corrected chi connectivity index (χ0v) is 15.6. The van der Waals surface area contributed by atoms with Crippen LogP contribution >= 0.6 is 0 Å². The quantitative estimate of drug-likeness (QED) is 0.675. The summed E-state index contributed by atoms with van der Waals surface area (Å²) < 4.78 is 0. The molecule has 11 atom stereocenters. The minimum atomic E-state index is -0.706. The lowest BCUT2D eigenvalue weighted by Gasteiger charge is -2.68. The van der Waals surface area contributed by atoms with Gasteiger partial charge in [0.1, 0.15) is 0 Å². The zero-order chi connectivity index (χ0) is 17.4. The summed E-state index contributed by atoms with van der Waals surface area (Å²) in [5.41, 5.74) is -0.524. The fourth-order valence-electron chi connectivity index (χ4n) is 9.79. The number of fused-ring (bicyclic) bond motifs is 2. The van der Waals surface area contributed by atoms with Crippen molar-refractivity contribution < 1.29 is 15.3 Å². The molecule has 1 saturated heterocycles. The van der Waals surface area contributed by atoms with E-state index in [9.17, 15) is 15.3 Å². The highest BCUT2D eigenvalue weighted by Gasteiger charge is 2.81. The molecule has 6 fully saturated rings. The molecular formula is C21H33NO3. The van der Waals surface area contributed by atoms with Crippen molar-refractivity contribution in [3.8, 4) is 0 Å². The van der Waals surface area contributed by atoms with E-state index in [1.165, 1.54) is 0 Å². The van der Waals surface area contributed by atoms with Gasteiger partial charge in [-0.1, -0.05) is 13.8 Å². The van der Waals surface area contributed by atoms with Gasteiger partial charge < -0.3 is 15.3 Å². The molecule has 140 valence electrons. The van der Waals surface area contributed by atoms with Crippen LogP contribution in [0.3, 0.4) is 0 Å². The van der Waals surface area contributed by atoms with E-state index >= 15 is 0 Å². The lowest BCUT2D eigenvalue weighted by atomic mass is 9.43. The molecule has 0 radical (unpaired) electrons. The van der Waals surface area contributed by atoms with Crippen LogP contribution in [0.15, 0.2) is 0 Å². The summed E-state index contributed by atoms with van der Waals surface area (Å²) in [4.78, 5) is 2.63. The predicted molar refractivity (Wildman–Crippen MR) is 93.7 cm³/mol. The van der Waals surface area contributed by atoms with E-state index in [2.05, 4.69) is 18.7 Å². The largest absolute Gasteiger partial charge is 0.392 e. The van der Waals surface area contributed by atoms with Crippen molar-refractivity contribution in [3.63, 3.8) is 0 Å². The van der Waals surface area contributed by atoms with Crippen LogP contribution in [-0.2, 0) is 0 Å². The lowest BCUT2D eigenvalue weighted by Crippen LogP contribution is -2.75. The molecule has 4 nitrogen and oxygen atoms in total. The first-order valence-corrected chi connectivity index (χ1v) is 10.7. The number of rotatable bonds is 1. The third kappa shape index (κ3) is 1.44. The molecule has 5 aliphatic carbocycles. The first-order chi connectivity index (χ1) is 11.9. The summed E-state index contributed by atoms with van der Waals surface area (Å²) >= 11 is 0. The molecular weight excluding hydrogens is 314 g/mol. The van der Waals surface area contributed by atoms with E-state index < -0.39 is 5.60 Å². The molecule has 0 aromatic heterocycles. The highest BCUT2D eigenvalue weighted by Crippen LogP contribution is 2.78. The minimum absolute atomic E-state index is 0.00584. The molecule has 5 saturated carbocycles. The Hall–Kier alpha value is -0.160. The second kappa shape index (κ2) is 4.45. The maximum atomic E-state index is 11.9. The van der Waals surface area contributed by atoms with Crippen LogP contribution in [0.4, 0.5) is 0 Å². The van der Waals surface area contributed by atoms with Gasteiger partial charge in [-0.2, -0.15) is 0 Å². The number of likely N-dealkylation sites (tertiary alicyclic amines) is 1. The summed E-state index contributed by atoms with van der Waals surface area (Å²) in [5, 5.41) is 34.4. The molecule has 3 N–H and O–H groups in total. The van der Waals surface area contributed by atoms with Crippen LogP contribution in [0.5, 0.6) is 0 Å². The first-order valence-electron chi connectivity index (χ1n) is 10.7. The average Bonchev–Trinajstić information content (AvgIpc) is 3.00. The van der Waals surface area contributed by atoms with Crippen LogP contribution in [0.25, 0.3) is 0 Å². The van der Waals surface area contributed by atoms with Crippen LogP contribution < -0.4 is 0 Å². The third-order valence-electron chi connectivity index (χ3n) is 10.4. The van der Waals surface area contributed by atoms with Crippen molar-refractivity contribution in [1.29, 1.82) is 0 Å². The molecule has 0 amide bonds. The van der Waals surface area contributed by atoms with Crippen LogP contribution in [0.1, 0.15) is 52.4 Å². The van der Waals surface area contributed by atoms with E-state index in [0.717, 1.165) is 51.6 Å². The monoisotopic (exact) mass is 347 g/mol. The van der Waals surface area contributed by atoms with Crippen LogP contribution in [0, 0.1) is 40.4 Å². The van der Waals surface area contributed by atoms with Crippen molar-refractivity contribution in [2.75, 3.05) is 13.1 Å². The van der Waals surface area contributed by atoms with E-state index in [0.29, 0.717) is 23.8 Å². The Morgan fingerprint density at radius 1 is 1.08 bits per heavy atom. The van der Waals surface area contributed by atoms with Gasteiger partial charge in [-0.15, -0.1) is 0 Å². The van der Waals surface area contributed by atoms with Gasteiger partial charge in [0.2, 0.25) is 0 Å². The molecule has 0 unspecified atom stereocenters. The third-order valence-corrected chi connectivity index (χ3v) is 10.4. The topological polar surface area (TPSA) is 63.9 Å². The Labute approximate surface area is 150 Å². The van der Waals surface area contributed by atoms with Gasteiger partial charge in [0.05, 0.1) is 17.8 Å². The van der Waals surface area contributed by atoms with E-state index in [4.69, 9.17) is 0 Å². The number of nitrogens with zero attached hydrogens (tertiary/aromatic N) is 1. The van der Waals surface area contributed by atoms with E-state index in [1.807, 2.05) is 0 Å². The molecule has 4 heteroatoms. The minimum Gasteiger partial charge on any atom is -0.392 e. The van der Waals surface area contributed by atoms with Crippen LogP contribution in [0.2, 0.25) is 0 Å². The van der Waals surface area contributed by atoms with Crippen molar-refractivity contribution in [3.05, 3.63) is 0 Å². The summed E-state index contributed by atoms with van der Waals surface area (Å²) in [6.07, 6.45) is 5.34. The lowest BCUT2D eigenvalue weighted by molar-refractivity contribution is -0.260. The smallest absolute Gasteiger partial charge is 0.0746 e. The summed E-state index contributed by atoms with van der Waals surface area (Å²) in [5.74, 6) is 1.42. The second-order valence-corrected chi connectivity index (χ2v) is 10.8. The van der Waals surface area contributed by atoms with Gasteiger partial charge in [-0.05, 0) is 68.2 Å². The Morgan fingerprint density at radius 2 is 1.88 bits per heavy atom. The Morgan fingerprint density at radius 3 is 2.64 bits per heavy atom. The van der Waals surface area contributed by atoms with E-state index in [1.54, 1.807) is 0 Å². The summed E-state index contributed by atoms with van der Waals surface area (Å²) in [6.45, 7) is 6.84. The molecule has 1 aliphatic heterocycles. The predicted octanol–water partition coefficient (Wildman–Crippen LogP) is 1.63. The summed E-state index contributed by atoms with van der Waals surface area (Å²) in [7, 11) is 0. The maximum absolute atomic E-state index is 11.9. The molecule has 0 aromatic rings. The van der Waals surface area contributed by atoms with Crippen molar-refractivity contribution >= 4 is 0 Å². The highest BCUT2D eigenvalue weighted by atomic mass is 16.3. The van der Waals surface area contributed by atoms with E-state index in [-0.39, 0.29) is 34.9 Å². The maximum Gasteiger partial charge on any atom is 0.0746 e. The Balaban J connectivity index is 1.62. The normalized spacial score (nSPS) is 67.6.